The number of aliphatic hydroxyl groups is 2. The first kappa shape index (κ1) is 29.0. The molecule has 11 nitrogen and oxygen atoms in total. The van der Waals surface area contributed by atoms with Crippen molar-refractivity contribution >= 4 is 23.2 Å². The average molecular weight is 575 g/mol. The molecule has 1 amide bonds. The molecule has 220 valence electrons. The number of hydrogen-bond acceptors (Lipinski definition) is 10. The Bertz CT molecular complexity index is 1580. The minimum Gasteiger partial charge on any atom is -0.510 e. The number of primary amides is 1. The number of nitroso groups, excluding NO2 is 1. The van der Waals surface area contributed by atoms with Gasteiger partial charge in [-0.25, -0.2) is 0 Å². The van der Waals surface area contributed by atoms with Crippen molar-refractivity contribution in [3.8, 4) is 5.75 Å². The smallest absolute Gasteiger partial charge is 0.255 e. The molecule has 3 aliphatic carbocycles. The van der Waals surface area contributed by atoms with Crippen LogP contribution in [0.15, 0.2) is 64.2 Å². The molecule has 0 unspecified atom stereocenters. The standard InChI is InChI=1S/C31H34N4O7/c1-34(2)20-14-16(11-10-15-8-6-5-7-9-15)25(36)22-18(20)12-17-13-19-24(35(3)4)27(38)23(30(32)41)29(40)31(19,33-42)28(39)21(17)26(22)37/h5-9,14,17,19,24,36,38-39H,10-13H2,1-4H3,(H2,32,41)/t17-,19-,24-,31-/m0/s1. The lowest BCUT2D eigenvalue weighted by Gasteiger charge is -2.49. The topological polar surface area (TPSA) is 174 Å². The molecule has 3 aliphatic rings. The maximum absolute atomic E-state index is 14.2. The predicted molar refractivity (Wildman–Crippen MR) is 155 cm³/mol. The molecule has 5 rings (SSSR count). The predicted octanol–water partition coefficient (Wildman–Crippen LogP) is 2.75. The molecule has 2 aromatic carbocycles. The lowest BCUT2D eigenvalue weighted by atomic mass is 9.57. The number of nitrogens with two attached hydrogens (primary N) is 1. The summed E-state index contributed by atoms with van der Waals surface area (Å²) < 4.78 is 0. The summed E-state index contributed by atoms with van der Waals surface area (Å²) in [6, 6.07) is 10.5. The number of anilines is 1. The molecular formula is C31H34N4O7. The molecule has 0 spiro atoms. The summed E-state index contributed by atoms with van der Waals surface area (Å²) >= 11 is 0. The third-order valence-electron chi connectivity index (χ3n) is 8.93. The van der Waals surface area contributed by atoms with Crippen molar-refractivity contribution in [2.24, 2.45) is 22.7 Å². The Morgan fingerprint density at radius 3 is 2.31 bits per heavy atom. The molecule has 0 fully saturated rings. The van der Waals surface area contributed by atoms with Crippen molar-refractivity contribution in [1.29, 1.82) is 0 Å². The zero-order valence-electron chi connectivity index (χ0n) is 23.9. The summed E-state index contributed by atoms with van der Waals surface area (Å²) in [5.74, 6) is -6.67. The lowest BCUT2D eigenvalue weighted by molar-refractivity contribution is -0.129. The Morgan fingerprint density at radius 2 is 1.74 bits per heavy atom. The molecule has 42 heavy (non-hydrogen) atoms. The van der Waals surface area contributed by atoms with E-state index in [0.717, 1.165) is 11.3 Å². The van der Waals surface area contributed by atoms with Gasteiger partial charge in [-0.2, -0.15) is 0 Å². The summed E-state index contributed by atoms with van der Waals surface area (Å²) in [6.07, 6.45) is 1.28. The third-order valence-corrected chi connectivity index (χ3v) is 8.93. The van der Waals surface area contributed by atoms with E-state index in [1.54, 1.807) is 14.1 Å². The van der Waals surface area contributed by atoms with Crippen LogP contribution in [0.3, 0.4) is 0 Å². The maximum atomic E-state index is 14.2. The normalized spacial score (nSPS) is 25.2. The van der Waals surface area contributed by atoms with Gasteiger partial charge >= 0.3 is 0 Å². The van der Waals surface area contributed by atoms with E-state index in [-0.39, 0.29) is 29.7 Å². The number of amides is 1. The van der Waals surface area contributed by atoms with Crippen LogP contribution in [0.5, 0.6) is 5.75 Å². The highest BCUT2D eigenvalue weighted by Gasteiger charge is 2.65. The number of rotatable bonds is 7. The van der Waals surface area contributed by atoms with Crippen LogP contribution in [-0.4, -0.2) is 77.5 Å². The fourth-order valence-electron chi connectivity index (χ4n) is 7.02. The average Bonchev–Trinajstić information content (AvgIpc) is 2.92. The van der Waals surface area contributed by atoms with Crippen molar-refractivity contribution in [3.05, 3.63) is 86.2 Å². The van der Waals surface area contributed by atoms with Gasteiger partial charge in [0.2, 0.25) is 11.3 Å². The number of carbonyl (C=O) groups is 3. The zero-order valence-corrected chi connectivity index (χ0v) is 23.9. The number of phenols is 1. The number of likely N-dealkylation sites (N-methyl/N-ethyl adjacent to an activating group) is 1. The number of aliphatic hydroxyl groups excluding tert-OH is 2. The SMILES string of the molecule is CN(C)c1cc(CCc2ccccc2)c(O)c2c1C[C@H]1C[C@H]3[C@H](N(C)C)C(O)=C(C(N)=O)C(=O)[C@@]3(N=O)C(O)=C1C2=O. The number of aromatic hydroxyl groups is 1. The van der Waals surface area contributed by atoms with Gasteiger partial charge in [0.15, 0.2) is 5.78 Å². The van der Waals surface area contributed by atoms with E-state index >= 15 is 0 Å². The number of phenolic OH excluding ortho intramolecular Hbond substituents is 1. The van der Waals surface area contributed by atoms with E-state index in [9.17, 15) is 34.6 Å². The number of carbonyl (C=O) groups excluding carboxylic acids is 3. The Kier molecular flexibility index (Phi) is 7.18. The molecule has 0 aliphatic heterocycles. The van der Waals surface area contributed by atoms with E-state index in [2.05, 4.69) is 5.18 Å². The molecule has 5 N–H and O–H groups in total. The van der Waals surface area contributed by atoms with E-state index in [1.165, 1.54) is 4.90 Å². The Hall–Kier alpha value is -4.51. The van der Waals surface area contributed by atoms with Gasteiger partial charge in [-0.3, -0.25) is 19.3 Å². The molecule has 11 heteroatoms. The highest BCUT2D eigenvalue weighted by atomic mass is 16.3. The summed E-state index contributed by atoms with van der Waals surface area (Å²) in [6.45, 7) is 0. The van der Waals surface area contributed by atoms with Crippen LogP contribution < -0.4 is 10.6 Å². The van der Waals surface area contributed by atoms with E-state index in [1.807, 2.05) is 55.4 Å². The summed E-state index contributed by atoms with van der Waals surface area (Å²) in [5, 5.41) is 37.2. The molecule has 0 saturated heterocycles. The van der Waals surface area contributed by atoms with Crippen molar-refractivity contribution in [2.75, 3.05) is 33.1 Å². The fraction of sp³-hybridized carbons (Fsp3) is 0.387. The quantitative estimate of drug-likeness (QED) is 0.286. The fourth-order valence-corrected chi connectivity index (χ4v) is 7.02. The van der Waals surface area contributed by atoms with Gasteiger partial charge in [0.25, 0.3) is 5.91 Å². The number of nitrogens with zero attached hydrogens (tertiary/aromatic N) is 3. The Balaban J connectivity index is 1.69. The second-order valence-electron chi connectivity index (χ2n) is 11.7. The largest absolute Gasteiger partial charge is 0.510 e. The minimum absolute atomic E-state index is 0.00231. The van der Waals surface area contributed by atoms with Crippen molar-refractivity contribution < 1.29 is 29.7 Å². The monoisotopic (exact) mass is 574 g/mol. The third kappa shape index (κ3) is 4.10. The Morgan fingerprint density at radius 1 is 1.07 bits per heavy atom. The number of hydrogen-bond donors (Lipinski definition) is 4. The first-order chi connectivity index (χ1) is 19.9. The molecule has 0 aromatic heterocycles. The van der Waals surface area contributed by atoms with Crippen LogP contribution in [0.25, 0.3) is 0 Å². The van der Waals surface area contributed by atoms with Gasteiger partial charge in [0.05, 0.1) is 11.6 Å². The van der Waals surface area contributed by atoms with Gasteiger partial charge in [-0.1, -0.05) is 30.3 Å². The van der Waals surface area contributed by atoms with Crippen LogP contribution in [0.2, 0.25) is 0 Å². The first-order valence-electron chi connectivity index (χ1n) is 13.7. The lowest BCUT2D eigenvalue weighted by Crippen LogP contribution is -2.62. The van der Waals surface area contributed by atoms with Crippen LogP contribution in [0.4, 0.5) is 5.69 Å². The van der Waals surface area contributed by atoms with Crippen molar-refractivity contribution in [3.63, 3.8) is 0 Å². The number of fused-ring (bicyclic) bond motifs is 3. The molecule has 0 saturated carbocycles. The Labute approximate surface area is 242 Å². The molecular weight excluding hydrogens is 540 g/mol. The summed E-state index contributed by atoms with van der Waals surface area (Å²) in [7, 11) is 6.83. The summed E-state index contributed by atoms with van der Waals surface area (Å²) in [4.78, 5) is 56.1. The second kappa shape index (κ2) is 10.4. The van der Waals surface area contributed by atoms with Crippen molar-refractivity contribution in [2.45, 2.75) is 37.3 Å². The number of ketones is 2. The maximum Gasteiger partial charge on any atom is 0.255 e. The van der Waals surface area contributed by atoms with Crippen molar-refractivity contribution in [1.82, 2.24) is 4.90 Å². The highest BCUT2D eigenvalue weighted by Crippen LogP contribution is 2.54. The number of allylic oxidation sites excluding steroid dienone is 1. The van der Waals surface area contributed by atoms with Gasteiger partial charge in [0, 0.05) is 31.3 Å². The van der Waals surface area contributed by atoms with Gasteiger partial charge in [0.1, 0.15) is 22.8 Å². The van der Waals surface area contributed by atoms with Crippen LogP contribution in [0, 0.1) is 16.7 Å². The molecule has 4 atom stereocenters. The van der Waals surface area contributed by atoms with Crippen LogP contribution in [0.1, 0.15) is 33.5 Å². The van der Waals surface area contributed by atoms with Gasteiger partial charge in [-0.05, 0) is 73.6 Å². The number of benzene rings is 2. The number of aryl methyl sites for hydroxylation is 2. The zero-order chi connectivity index (χ0) is 30.7. The van der Waals surface area contributed by atoms with Crippen LogP contribution in [-0.2, 0) is 28.9 Å². The molecule has 2 aromatic rings. The second-order valence-corrected chi connectivity index (χ2v) is 11.7. The number of Topliss-reactive ketones (excluding diaryl/α,β-unsaturated/α-hetero) is 2. The molecule has 0 bridgehead atoms. The van der Waals surface area contributed by atoms with Gasteiger partial charge < -0.3 is 26.0 Å². The van der Waals surface area contributed by atoms with Gasteiger partial charge in [-0.15, -0.1) is 4.91 Å². The first-order valence-corrected chi connectivity index (χ1v) is 13.7. The van der Waals surface area contributed by atoms with Crippen LogP contribution >= 0.6 is 0 Å². The van der Waals surface area contributed by atoms with E-state index in [4.69, 9.17) is 5.73 Å². The molecule has 0 radical (unpaired) electrons. The van der Waals surface area contributed by atoms with E-state index < -0.39 is 58.0 Å². The highest BCUT2D eigenvalue weighted by molar-refractivity contribution is 6.25. The molecule has 0 heterocycles. The minimum atomic E-state index is -2.55. The van der Waals surface area contributed by atoms with E-state index in [0.29, 0.717) is 24.0 Å². The summed E-state index contributed by atoms with van der Waals surface area (Å²) in [5.41, 5.74) is 4.75.